The van der Waals surface area contributed by atoms with Gasteiger partial charge >= 0.3 is 0 Å². The van der Waals surface area contributed by atoms with Gasteiger partial charge in [0, 0.05) is 51.7 Å². The molecule has 0 N–H and O–H groups in total. The Labute approximate surface area is 177 Å². The molecule has 3 fully saturated rings. The molecule has 8 heteroatoms. The van der Waals surface area contributed by atoms with E-state index in [2.05, 4.69) is 11.8 Å². The fraction of sp³-hybridized carbons (Fsp3) is 0.682. The summed E-state index contributed by atoms with van der Waals surface area (Å²) in [6.45, 7) is 6.94. The SMILES string of the molecule is CC1CCCCN1C(=O)CN1CCN(C(=O)C2CC(=O)N(Cc3ccco3)C2)CC1. The van der Waals surface area contributed by atoms with Crippen LogP contribution in [0.3, 0.4) is 0 Å². The average Bonchev–Trinajstić information content (AvgIpc) is 3.38. The molecule has 2 unspecified atom stereocenters. The summed E-state index contributed by atoms with van der Waals surface area (Å²) in [5, 5.41) is 0. The second-order valence-electron chi connectivity index (χ2n) is 8.79. The van der Waals surface area contributed by atoms with Gasteiger partial charge in [0.05, 0.1) is 25.3 Å². The highest BCUT2D eigenvalue weighted by atomic mass is 16.3. The summed E-state index contributed by atoms with van der Waals surface area (Å²) in [5.74, 6) is 0.718. The summed E-state index contributed by atoms with van der Waals surface area (Å²) in [6.07, 6.45) is 5.24. The summed E-state index contributed by atoms with van der Waals surface area (Å²) in [7, 11) is 0. The molecular formula is C22H32N4O4. The van der Waals surface area contributed by atoms with E-state index in [9.17, 15) is 14.4 Å². The van der Waals surface area contributed by atoms with Crippen LogP contribution in [0.5, 0.6) is 0 Å². The predicted molar refractivity (Wildman–Crippen MR) is 110 cm³/mol. The standard InChI is InChI=1S/C22H32N4O4/c1-17-5-2-3-7-26(17)21(28)16-23-8-10-24(11-9-23)22(29)18-13-20(27)25(14-18)15-19-6-4-12-30-19/h4,6,12,17-18H,2-3,5,7-11,13-16H2,1H3. The third kappa shape index (κ3) is 4.69. The Balaban J connectivity index is 1.23. The van der Waals surface area contributed by atoms with Crippen LogP contribution in [-0.2, 0) is 20.9 Å². The Kier molecular flexibility index (Phi) is 6.41. The van der Waals surface area contributed by atoms with Gasteiger partial charge in [-0.15, -0.1) is 0 Å². The van der Waals surface area contributed by atoms with E-state index in [1.807, 2.05) is 15.9 Å². The molecule has 4 rings (SSSR count). The summed E-state index contributed by atoms with van der Waals surface area (Å²) < 4.78 is 5.32. The topological polar surface area (TPSA) is 77.3 Å². The van der Waals surface area contributed by atoms with Crippen LogP contribution < -0.4 is 0 Å². The number of hydrogen-bond donors (Lipinski definition) is 0. The van der Waals surface area contributed by atoms with Gasteiger partial charge in [0.15, 0.2) is 0 Å². The first kappa shape index (κ1) is 20.9. The highest BCUT2D eigenvalue weighted by molar-refractivity contribution is 5.89. The fourth-order valence-electron chi connectivity index (χ4n) is 4.82. The van der Waals surface area contributed by atoms with Crippen LogP contribution in [-0.4, -0.2) is 89.2 Å². The molecule has 4 heterocycles. The van der Waals surface area contributed by atoms with Gasteiger partial charge in [0.25, 0.3) is 0 Å². The van der Waals surface area contributed by atoms with Crippen LogP contribution in [0, 0.1) is 5.92 Å². The van der Waals surface area contributed by atoms with Crippen molar-refractivity contribution >= 4 is 17.7 Å². The molecule has 1 aromatic heterocycles. The highest BCUT2D eigenvalue weighted by Gasteiger charge is 2.37. The zero-order valence-corrected chi connectivity index (χ0v) is 17.8. The molecular weight excluding hydrogens is 384 g/mol. The van der Waals surface area contributed by atoms with Crippen molar-refractivity contribution in [3.8, 4) is 0 Å². The van der Waals surface area contributed by atoms with Crippen LogP contribution in [0.1, 0.15) is 38.4 Å². The van der Waals surface area contributed by atoms with Crippen molar-refractivity contribution in [2.24, 2.45) is 5.92 Å². The number of carbonyl (C=O) groups is 3. The van der Waals surface area contributed by atoms with Crippen molar-refractivity contribution in [3.05, 3.63) is 24.2 Å². The van der Waals surface area contributed by atoms with Gasteiger partial charge < -0.3 is 19.1 Å². The summed E-state index contributed by atoms with van der Waals surface area (Å²) in [5.41, 5.74) is 0. The molecule has 0 aliphatic carbocycles. The first-order valence-corrected chi connectivity index (χ1v) is 11.1. The second-order valence-corrected chi connectivity index (χ2v) is 8.79. The van der Waals surface area contributed by atoms with E-state index in [0.29, 0.717) is 51.9 Å². The third-order valence-corrected chi connectivity index (χ3v) is 6.66. The number of carbonyl (C=O) groups excluding carboxylic acids is 3. The Bertz CT molecular complexity index is 757. The van der Waals surface area contributed by atoms with Gasteiger partial charge in [0.1, 0.15) is 5.76 Å². The van der Waals surface area contributed by atoms with Gasteiger partial charge in [-0.05, 0) is 38.3 Å². The van der Waals surface area contributed by atoms with Crippen molar-refractivity contribution < 1.29 is 18.8 Å². The molecule has 164 valence electrons. The minimum absolute atomic E-state index is 0.00429. The molecule has 0 bridgehead atoms. The van der Waals surface area contributed by atoms with Crippen LogP contribution in [0.25, 0.3) is 0 Å². The van der Waals surface area contributed by atoms with Gasteiger partial charge in [-0.3, -0.25) is 19.3 Å². The number of amides is 3. The van der Waals surface area contributed by atoms with Crippen LogP contribution in [0.15, 0.2) is 22.8 Å². The van der Waals surface area contributed by atoms with E-state index < -0.39 is 0 Å². The third-order valence-electron chi connectivity index (χ3n) is 6.66. The molecule has 1 aromatic rings. The van der Waals surface area contributed by atoms with Crippen LogP contribution >= 0.6 is 0 Å². The molecule has 0 aromatic carbocycles. The largest absolute Gasteiger partial charge is 0.467 e. The molecule has 0 saturated carbocycles. The molecule has 0 spiro atoms. The van der Waals surface area contributed by atoms with Crippen molar-refractivity contribution in [1.29, 1.82) is 0 Å². The lowest BCUT2D eigenvalue weighted by molar-refractivity contribution is -0.139. The molecule has 3 aliphatic rings. The van der Waals surface area contributed by atoms with Crippen molar-refractivity contribution in [2.45, 2.75) is 45.2 Å². The van der Waals surface area contributed by atoms with E-state index in [1.165, 1.54) is 6.42 Å². The van der Waals surface area contributed by atoms with E-state index >= 15 is 0 Å². The van der Waals surface area contributed by atoms with E-state index in [0.717, 1.165) is 25.1 Å². The zero-order chi connectivity index (χ0) is 21.1. The quantitative estimate of drug-likeness (QED) is 0.720. The lowest BCUT2D eigenvalue weighted by Gasteiger charge is -2.38. The Hall–Kier alpha value is -2.35. The number of nitrogens with zero attached hydrogens (tertiary/aromatic N) is 4. The number of piperidine rings is 1. The Morgan fingerprint density at radius 1 is 1.13 bits per heavy atom. The molecule has 3 saturated heterocycles. The van der Waals surface area contributed by atoms with Crippen LogP contribution in [0.2, 0.25) is 0 Å². The minimum Gasteiger partial charge on any atom is -0.467 e. The van der Waals surface area contributed by atoms with E-state index in [4.69, 9.17) is 4.42 Å². The summed E-state index contributed by atoms with van der Waals surface area (Å²) in [6, 6.07) is 3.97. The fourth-order valence-corrected chi connectivity index (χ4v) is 4.82. The van der Waals surface area contributed by atoms with Gasteiger partial charge in [-0.25, -0.2) is 0 Å². The normalized spacial score (nSPS) is 25.8. The van der Waals surface area contributed by atoms with Crippen molar-refractivity contribution in [3.63, 3.8) is 0 Å². The maximum Gasteiger partial charge on any atom is 0.236 e. The highest BCUT2D eigenvalue weighted by Crippen LogP contribution is 2.23. The second kappa shape index (κ2) is 9.20. The minimum atomic E-state index is -0.283. The zero-order valence-electron chi connectivity index (χ0n) is 17.8. The maximum atomic E-state index is 12.9. The maximum absolute atomic E-state index is 12.9. The number of piperazine rings is 1. The first-order chi connectivity index (χ1) is 14.5. The van der Waals surface area contributed by atoms with Crippen molar-refractivity contribution in [1.82, 2.24) is 19.6 Å². The number of furan rings is 1. The van der Waals surface area contributed by atoms with Crippen molar-refractivity contribution in [2.75, 3.05) is 45.8 Å². The van der Waals surface area contributed by atoms with Gasteiger partial charge in [-0.2, -0.15) is 0 Å². The van der Waals surface area contributed by atoms with E-state index in [-0.39, 0.29) is 30.1 Å². The molecule has 3 amide bonds. The molecule has 8 nitrogen and oxygen atoms in total. The van der Waals surface area contributed by atoms with Gasteiger partial charge in [0.2, 0.25) is 17.7 Å². The predicted octanol–water partition coefficient (Wildman–Crippen LogP) is 1.17. The lowest BCUT2D eigenvalue weighted by Crippen LogP contribution is -2.54. The molecule has 2 atom stereocenters. The van der Waals surface area contributed by atoms with Crippen LogP contribution in [0.4, 0.5) is 0 Å². The lowest BCUT2D eigenvalue weighted by atomic mass is 10.0. The average molecular weight is 417 g/mol. The molecule has 0 radical (unpaired) electrons. The number of hydrogen-bond acceptors (Lipinski definition) is 5. The van der Waals surface area contributed by atoms with E-state index in [1.54, 1.807) is 17.2 Å². The Morgan fingerprint density at radius 3 is 2.63 bits per heavy atom. The first-order valence-electron chi connectivity index (χ1n) is 11.1. The molecule has 3 aliphatic heterocycles. The molecule has 30 heavy (non-hydrogen) atoms. The van der Waals surface area contributed by atoms with Gasteiger partial charge in [-0.1, -0.05) is 0 Å². The Morgan fingerprint density at radius 2 is 1.93 bits per heavy atom. The number of rotatable bonds is 5. The number of likely N-dealkylation sites (tertiary alicyclic amines) is 2. The monoisotopic (exact) mass is 416 g/mol. The summed E-state index contributed by atoms with van der Waals surface area (Å²) >= 11 is 0. The smallest absolute Gasteiger partial charge is 0.236 e. The summed E-state index contributed by atoms with van der Waals surface area (Å²) in [4.78, 5) is 45.6.